The van der Waals surface area contributed by atoms with Crippen LogP contribution in [-0.4, -0.2) is 51.1 Å². The van der Waals surface area contributed by atoms with Gasteiger partial charge in [0.05, 0.1) is 0 Å². The fourth-order valence-corrected chi connectivity index (χ4v) is 4.05. The number of nitrogens with one attached hydrogen (secondary N) is 1. The van der Waals surface area contributed by atoms with E-state index in [1.54, 1.807) is 18.7 Å². The van der Waals surface area contributed by atoms with E-state index < -0.39 is 0 Å². The molecule has 1 N–H and O–H groups in total. The second-order valence-corrected chi connectivity index (χ2v) is 7.87. The second-order valence-electron chi connectivity index (χ2n) is 6.63. The Morgan fingerprint density at radius 1 is 1.24 bits per heavy atom. The van der Waals surface area contributed by atoms with Gasteiger partial charge in [0, 0.05) is 42.4 Å². The van der Waals surface area contributed by atoms with Gasteiger partial charge in [0.1, 0.15) is 12.1 Å². The number of aromatic nitrogens is 3. The van der Waals surface area contributed by atoms with E-state index in [9.17, 15) is 4.79 Å². The lowest BCUT2D eigenvalue weighted by molar-refractivity contribution is 0.193. The molecule has 0 unspecified atom stereocenters. The molecule has 132 valence electrons. The molecule has 3 heterocycles. The van der Waals surface area contributed by atoms with Gasteiger partial charge in [0.15, 0.2) is 5.13 Å². The number of likely N-dealkylation sites (tertiary alicyclic amines) is 1. The number of hydrogen-bond donors (Lipinski definition) is 1. The summed E-state index contributed by atoms with van der Waals surface area (Å²) in [6, 6.07) is 2.97. The molecule has 1 saturated heterocycles. The third-order valence-electron chi connectivity index (χ3n) is 4.75. The van der Waals surface area contributed by atoms with Crippen LogP contribution < -0.4 is 10.2 Å². The molecule has 0 atom stereocenters. The quantitative estimate of drug-likeness (QED) is 0.910. The molecule has 7 nitrogen and oxygen atoms in total. The number of carbonyl (C=O) groups excluding carboxylic acids is 1. The summed E-state index contributed by atoms with van der Waals surface area (Å²) in [5, 5.41) is 3.57. The molecule has 2 amide bonds. The molecule has 8 heteroatoms. The second kappa shape index (κ2) is 6.95. The molecule has 2 aromatic rings. The maximum atomic E-state index is 12.4. The summed E-state index contributed by atoms with van der Waals surface area (Å²) in [5.41, 5.74) is 0. The van der Waals surface area contributed by atoms with Crippen molar-refractivity contribution in [2.75, 3.05) is 23.3 Å². The fourth-order valence-electron chi connectivity index (χ4n) is 3.39. The lowest BCUT2D eigenvalue weighted by Gasteiger charge is -2.39. The Balaban J connectivity index is 1.36. The number of urea groups is 1. The number of nitrogens with zero attached hydrogens (tertiary/aromatic N) is 5. The van der Waals surface area contributed by atoms with Crippen molar-refractivity contribution in [2.45, 2.75) is 44.7 Å². The van der Waals surface area contributed by atoms with Crippen LogP contribution in [0.3, 0.4) is 0 Å². The van der Waals surface area contributed by atoms with Gasteiger partial charge in [0.25, 0.3) is 0 Å². The normalized spacial score (nSPS) is 18.2. The molecule has 2 fully saturated rings. The average Bonchev–Trinajstić information content (AvgIpc) is 3.38. The Labute approximate surface area is 151 Å². The Hall–Kier alpha value is -2.22. The minimum atomic E-state index is -0.0483. The van der Waals surface area contributed by atoms with Crippen LogP contribution in [0.1, 0.15) is 30.6 Å². The predicted molar refractivity (Wildman–Crippen MR) is 98.0 cm³/mol. The number of rotatable bonds is 4. The van der Waals surface area contributed by atoms with E-state index in [4.69, 9.17) is 0 Å². The summed E-state index contributed by atoms with van der Waals surface area (Å²) < 4.78 is 0. The number of thiazole rings is 1. The predicted octanol–water partition coefficient (Wildman–Crippen LogP) is 2.91. The van der Waals surface area contributed by atoms with Crippen molar-refractivity contribution in [2.24, 2.45) is 0 Å². The van der Waals surface area contributed by atoms with Crippen molar-refractivity contribution in [1.82, 2.24) is 19.9 Å². The number of hydrogen-bond acceptors (Lipinski definition) is 6. The van der Waals surface area contributed by atoms with Crippen molar-refractivity contribution in [3.8, 4) is 0 Å². The van der Waals surface area contributed by atoms with Crippen molar-refractivity contribution in [3.63, 3.8) is 0 Å². The van der Waals surface area contributed by atoms with Crippen molar-refractivity contribution in [1.29, 1.82) is 0 Å². The molecule has 0 spiro atoms. The zero-order chi connectivity index (χ0) is 17.2. The van der Waals surface area contributed by atoms with Crippen LogP contribution in [0.4, 0.5) is 15.7 Å². The van der Waals surface area contributed by atoms with E-state index in [1.807, 2.05) is 17.9 Å². The average molecular weight is 358 g/mol. The molecule has 2 aliphatic rings. The number of anilines is 2. The summed E-state index contributed by atoms with van der Waals surface area (Å²) in [6.07, 6.45) is 9.58. The van der Waals surface area contributed by atoms with Gasteiger partial charge < -0.3 is 9.80 Å². The highest BCUT2D eigenvalue weighted by molar-refractivity contribution is 7.15. The largest absolute Gasteiger partial charge is 0.350 e. The number of aryl methyl sites for hydroxylation is 1. The third kappa shape index (κ3) is 3.73. The van der Waals surface area contributed by atoms with Gasteiger partial charge in [-0.2, -0.15) is 0 Å². The monoisotopic (exact) mass is 358 g/mol. The molecule has 4 rings (SSSR count). The van der Waals surface area contributed by atoms with Crippen LogP contribution >= 0.6 is 11.3 Å². The van der Waals surface area contributed by atoms with Gasteiger partial charge in [-0.25, -0.2) is 19.7 Å². The van der Waals surface area contributed by atoms with Crippen molar-refractivity contribution >= 4 is 28.3 Å². The number of carbonyl (C=O) groups is 1. The molecule has 0 aromatic carbocycles. The molecule has 1 aliphatic carbocycles. The molecular weight excluding hydrogens is 336 g/mol. The molecular formula is C17H22N6OS. The van der Waals surface area contributed by atoms with E-state index in [-0.39, 0.29) is 6.03 Å². The Kier molecular flexibility index (Phi) is 4.52. The van der Waals surface area contributed by atoms with E-state index in [0.29, 0.717) is 17.2 Å². The third-order valence-corrected chi connectivity index (χ3v) is 5.58. The number of amides is 2. The first-order chi connectivity index (χ1) is 12.2. The highest BCUT2D eigenvalue weighted by Crippen LogP contribution is 2.35. The van der Waals surface area contributed by atoms with E-state index in [1.165, 1.54) is 24.2 Å². The van der Waals surface area contributed by atoms with Crippen molar-refractivity contribution in [3.05, 3.63) is 29.7 Å². The lowest BCUT2D eigenvalue weighted by atomic mass is 10.0. The minimum absolute atomic E-state index is 0.0483. The van der Waals surface area contributed by atoms with Crippen LogP contribution in [0.5, 0.6) is 0 Å². The van der Waals surface area contributed by atoms with E-state index >= 15 is 0 Å². The molecule has 25 heavy (non-hydrogen) atoms. The lowest BCUT2D eigenvalue weighted by Crippen LogP contribution is -2.49. The fraction of sp³-hybridized carbons (Fsp3) is 0.529. The van der Waals surface area contributed by atoms with Gasteiger partial charge in [-0.05, 0) is 38.7 Å². The highest BCUT2D eigenvalue weighted by atomic mass is 32.1. The molecule has 2 aromatic heterocycles. The molecule has 1 saturated carbocycles. The highest BCUT2D eigenvalue weighted by Gasteiger charge is 2.37. The minimum Gasteiger partial charge on any atom is -0.350 e. The topological polar surface area (TPSA) is 74.2 Å². The molecule has 0 bridgehead atoms. The summed E-state index contributed by atoms with van der Waals surface area (Å²) in [6.45, 7) is 3.50. The van der Waals surface area contributed by atoms with E-state index in [0.717, 1.165) is 36.6 Å². The first-order valence-corrected chi connectivity index (χ1v) is 9.55. The molecule has 0 radical (unpaired) electrons. The van der Waals surface area contributed by atoms with Gasteiger partial charge >= 0.3 is 6.03 Å². The van der Waals surface area contributed by atoms with E-state index in [2.05, 4.69) is 25.2 Å². The van der Waals surface area contributed by atoms with Crippen LogP contribution in [0.15, 0.2) is 24.8 Å². The summed E-state index contributed by atoms with van der Waals surface area (Å²) >= 11 is 1.50. The maximum absolute atomic E-state index is 12.4. The number of piperidine rings is 1. The first kappa shape index (κ1) is 16.3. The van der Waals surface area contributed by atoms with Gasteiger partial charge in [0.2, 0.25) is 0 Å². The first-order valence-electron chi connectivity index (χ1n) is 8.73. The zero-order valence-corrected chi connectivity index (χ0v) is 15.1. The van der Waals surface area contributed by atoms with Gasteiger partial charge in [-0.15, -0.1) is 11.3 Å². The van der Waals surface area contributed by atoms with Crippen LogP contribution in [0, 0.1) is 6.92 Å². The van der Waals surface area contributed by atoms with Crippen molar-refractivity contribution < 1.29 is 4.79 Å². The van der Waals surface area contributed by atoms with Crippen LogP contribution in [0.25, 0.3) is 0 Å². The Morgan fingerprint density at radius 2 is 2.00 bits per heavy atom. The SMILES string of the molecule is Cc1cnc(NC(=O)N2CCC(N(c3ccncn3)C3CC3)CC2)s1. The smallest absolute Gasteiger partial charge is 0.323 e. The standard InChI is InChI=1S/C17H22N6OS/c1-12-10-19-16(25-12)21-17(24)22-8-5-14(6-9-22)23(13-2-3-13)15-4-7-18-11-20-15/h4,7,10-11,13-14H,2-3,5-6,8-9H2,1H3,(H,19,21,24). The Morgan fingerprint density at radius 3 is 2.60 bits per heavy atom. The molecule has 1 aliphatic heterocycles. The van der Waals surface area contributed by atoms with Gasteiger partial charge in [-0.1, -0.05) is 0 Å². The summed E-state index contributed by atoms with van der Waals surface area (Å²) in [4.78, 5) is 30.5. The summed E-state index contributed by atoms with van der Waals surface area (Å²) in [7, 11) is 0. The zero-order valence-electron chi connectivity index (χ0n) is 14.3. The Bertz CT molecular complexity index is 724. The van der Waals surface area contributed by atoms with Crippen LogP contribution in [0.2, 0.25) is 0 Å². The van der Waals surface area contributed by atoms with Gasteiger partial charge in [-0.3, -0.25) is 5.32 Å². The summed E-state index contributed by atoms with van der Waals surface area (Å²) in [5.74, 6) is 1.01. The maximum Gasteiger partial charge on any atom is 0.323 e. The van der Waals surface area contributed by atoms with Crippen LogP contribution in [-0.2, 0) is 0 Å².